The van der Waals surface area contributed by atoms with Gasteiger partial charge in [-0.05, 0) is 37.1 Å². The van der Waals surface area contributed by atoms with E-state index in [1.165, 1.54) is 19.9 Å². The lowest BCUT2D eigenvalue weighted by Crippen LogP contribution is -2.66. The van der Waals surface area contributed by atoms with Crippen LogP contribution in [-0.2, 0) is 26.2 Å². The summed E-state index contributed by atoms with van der Waals surface area (Å²) in [7, 11) is -3.61. The molecule has 0 aliphatic carbocycles. The van der Waals surface area contributed by atoms with E-state index in [2.05, 4.69) is 0 Å². The number of carboxylic acid groups (broad SMARTS) is 1. The monoisotopic (exact) mass is 309 g/mol. The lowest BCUT2D eigenvalue weighted by Gasteiger charge is -2.43. The van der Waals surface area contributed by atoms with Crippen molar-refractivity contribution in [2.75, 3.05) is 0 Å². The second-order valence-corrected chi connectivity index (χ2v) is 7.66. The molecule has 7 heteroatoms. The molecule has 1 aromatic carbocycles. The highest BCUT2D eigenvalue weighted by atomic mass is 32.2. The van der Waals surface area contributed by atoms with Gasteiger partial charge in [0.15, 0.2) is 4.75 Å². The zero-order valence-electron chi connectivity index (χ0n) is 11.6. The quantitative estimate of drug-likeness (QED) is 0.845. The molecule has 0 bridgehead atoms. The van der Waals surface area contributed by atoms with Gasteiger partial charge in [-0.15, -0.1) is 0 Å². The van der Waals surface area contributed by atoms with Gasteiger partial charge in [0, 0.05) is 6.08 Å². The third kappa shape index (κ3) is 2.56. The maximum absolute atomic E-state index is 12.0. The molecule has 1 aliphatic rings. The molecule has 0 radical (unpaired) electrons. The number of carboxylic acids is 1. The number of carbonyl (C=O) groups excluding carboxylic acids is 1. The van der Waals surface area contributed by atoms with Crippen molar-refractivity contribution in [2.45, 2.75) is 25.1 Å². The average Bonchev–Trinajstić information content (AvgIpc) is 2.42. The summed E-state index contributed by atoms with van der Waals surface area (Å²) in [4.78, 5) is 22.3. The molecule has 1 saturated heterocycles. The number of nitrogens with zero attached hydrogens (tertiary/aromatic N) is 1. The van der Waals surface area contributed by atoms with Crippen LogP contribution in [0.3, 0.4) is 0 Å². The van der Waals surface area contributed by atoms with Crippen molar-refractivity contribution in [3.05, 3.63) is 41.5 Å². The Bertz CT molecular complexity index is 733. The van der Waals surface area contributed by atoms with Gasteiger partial charge in [0.2, 0.25) is 0 Å². The van der Waals surface area contributed by atoms with E-state index in [9.17, 15) is 18.0 Å². The molecule has 0 spiro atoms. The van der Waals surface area contributed by atoms with Crippen molar-refractivity contribution < 1.29 is 23.1 Å². The highest BCUT2D eigenvalue weighted by molar-refractivity contribution is 7.94. The fraction of sp³-hybridized carbons (Fsp3) is 0.286. The average molecular weight is 309 g/mol. The number of hydrogen-bond donors (Lipinski definition) is 1. The van der Waals surface area contributed by atoms with Gasteiger partial charge >= 0.3 is 5.97 Å². The van der Waals surface area contributed by atoms with E-state index in [0.29, 0.717) is 11.1 Å². The number of aliphatic carboxylic acids is 1. The molecule has 1 heterocycles. The van der Waals surface area contributed by atoms with Gasteiger partial charge in [0.1, 0.15) is 0 Å². The summed E-state index contributed by atoms with van der Waals surface area (Å²) in [6.45, 7) is 2.72. The van der Waals surface area contributed by atoms with Gasteiger partial charge in [0.05, 0.1) is 6.54 Å². The van der Waals surface area contributed by atoms with E-state index in [4.69, 9.17) is 5.11 Å². The Morgan fingerprint density at radius 3 is 2.62 bits per heavy atom. The first kappa shape index (κ1) is 15.2. The van der Waals surface area contributed by atoms with Crippen LogP contribution < -0.4 is 0 Å². The van der Waals surface area contributed by atoms with Crippen LogP contribution in [0.1, 0.15) is 25.0 Å². The van der Waals surface area contributed by atoms with Crippen LogP contribution in [0, 0.1) is 0 Å². The summed E-state index contributed by atoms with van der Waals surface area (Å²) in [5, 5.41) is 8.58. The fourth-order valence-electron chi connectivity index (χ4n) is 2.04. The first-order chi connectivity index (χ1) is 9.66. The highest BCUT2D eigenvalue weighted by Gasteiger charge is 2.59. The Hall–Kier alpha value is -2.15. The van der Waals surface area contributed by atoms with Crippen molar-refractivity contribution in [3.8, 4) is 0 Å². The summed E-state index contributed by atoms with van der Waals surface area (Å²) >= 11 is 0. The minimum Gasteiger partial charge on any atom is -0.478 e. The van der Waals surface area contributed by atoms with Crippen LogP contribution in [0.25, 0.3) is 6.08 Å². The molecule has 0 saturated carbocycles. The van der Waals surface area contributed by atoms with Gasteiger partial charge < -0.3 is 5.11 Å². The Morgan fingerprint density at radius 1 is 1.38 bits per heavy atom. The number of sulfonamides is 1. The molecule has 0 atom stereocenters. The van der Waals surface area contributed by atoms with Crippen LogP contribution in [-0.4, -0.2) is 34.5 Å². The van der Waals surface area contributed by atoms with Crippen molar-refractivity contribution >= 4 is 28.0 Å². The smallest absolute Gasteiger partial charge is 0.328 e. The predicted octanol–water partition coefficient (Wildman–Crippen LogP) is 1.24. The van der Waals surface area contributed by atoms with Gasteiger partial charge in [-0.25, -0.2) is 17.5 Å². The Labute approximate surface area is 122 Å². The first-order valence-corrected chi connectivity index (χ1v) is 7.67. The second kappa shape index (κ2) is 5.00. The number of carbonyl (C=O) groups is 2. The van der Waals surface area contributed by atoms with Crippen LogP contribution in [0.5, 0.6) is 0 Å². The summed E-state index contributed by atoms with van der Waals surface area (Å²) in [6, 6.07) is 6.71. The summed E-state index contributed by atoms with van der Waals surface area (Å²) in [6.07, 6.45) is 2.40. The zero-order valence-corrected chi connectivity index (χ0v) is 12.4. The molecule has 1 aliphatic heterocycles. The van der Waals surface area contributed by atoms with E-state index < -0.39 is 26.6 Å². The lowest BCUT2D eigenvalue weighted by atomic mass is 10.1. The topological polar surface area (TPSA) is 91.8 Å². The molecule has 112 valence electrons. The minimum absolute atomic E-state index is 0.0423. The van der Waals surface area contributed by atoms with E-state index in [1.807, 2.05) is 0 Å². The van der Waals surface area contributed by atoms with Crippen LogP contribution in [0.15, 0.2) is 30.3 Å². The molecule has 0 unspecified atom stereocenters. The van der Waals surface area contributed by atoms with Crippen molar-refractivity contribution in [3.63, 3.8) is 0 Å². The van der Waals surface area contributed by atoms with Gasteiger partial charge in [-0.2, -0.15) is 0 Å². The molecule has 1 fully saturated rings. The molecule has 1 aromatic rings. The normalized spacial score (nSPS) is 19.5. The summed E-state index contributed by atoms with van der Waals surface area (Å²) in [5.74, 6) is -1.50. The summed E-state index contributed by atoms with van der Waals surface area (Å²) < 4.78 is 23.5. The molecule has 21 heavy (non-hydrogen) atoms. The minimum atomic E-state index is -3.61. The SMILES string of the molecule is CC1(C)C(=O)N(Cc2cccc(C=CC(=O)O)c2)S1(=O)=O. The third-order valence-corrected chi connectivity index (χ3v) is 5.71. The van der Waals surface area contributed by atoms with E-state index in [-0.39, 0.29) is 6.54 Å². The van der Waals surface area contributed by atoms with E-state index in [1.54, 1.807) is 24.3 Å². The standard InChI is InChI=1S/C14H15NO5S/c1-14(2)13(18)15(21(14,19)20)9-11-5-3-4-10(8-11)6-7-12(16)17/h3-8H,9H2,1-2H3,(H,16,17). The Balaban J connectivity index is 2.21. The third-order valence-electron chi connectivity index (χ3n) is 3.37. The molecular formula is C14H15NO5S. The maximum Gasteiger partial charge on any atom is 0.328 e. The molecule has 1 N–H and O–H groups in total. The molecule has 6 nitrogen and oxygen atoms in total. The number of rotatable bonds is 4. The van der Waals surface area contributed by atoms with Gasteiger partial charge in [0.25, 0.3) is 15.9 Å². The number of benzene rings is 1. The largest absolute Gasteiger partial charge is 0.478 e. The van der Waals surface area contributed by atoms with E-state index >= 15 is 0 Å². The number of hydrogen-bond acceptors (Lipinski definition) is 4. The molecule has 2 rings (SSSR count). The lowest BCUT2D eigenvalue weighted by molar-refractivity contribution is -0.133. The highest BCUT2D eigenvalue weighted by Crippen LogP contribution is 2.36. The Morgan fingerprint density at radius 2 is 2.05 bits per heavy atom. The van der Waals surface area contributed by atoms with Crippen LogP contribution >= 0.6 is 0 Å². The van der Waals surface area contributed by atoms with Crippen molar-refractivity contribution in [1.29, 1.82) is 0 Å². The van der Waals surface area contributed by atoms with Crippen LogP contribution in [0.4, 0.5) is 0 Å². The van der Waals surface area contributed by atoms with Gasteiger partial charge in [-0.3, -0.25) is 4.79 Å². The van der Waals surface area contributed by atoms with Gasteiger partial charge in [-0.1, -0.05) is 18.2 Å². The Kier molecular flexibility index (Phi) is 3.63. The second-order valence-electron chi connectivity index (χ2n) is 5.24. The van der Waals surface area contributed by atoms with Crippen LogP contribution in [0.2, 0.25) is 0 Å². The zero-order chi connectivity index (χ0) is 15.8. The van der Waals surface area contributed by atoms with Crippen molar-refractivity contribution in [2.24, 2.45) is 0 Å². The van der Waals surface area contributed by atoms with Crippen molar-refractivity contribution in [1.82, 2.24) is 4.31 Å². The fourth-order valence-corrected chi connectivity index (χ4v) is 3.56. The summed E-state index contributed by atoms with van der Waals surface area (Å²) in [5.41, 5.74) is 1.24. The predicted molar refractivity (Wildman–Crippen MR) is 76.7 cm³/mol. The maximum atomic E-state index is 12.0. The molecule has 0 aromatic heterocycles. The first-order valence-electron chi connectivity index (χ1n) is 6.23. The van der Waals surface area contributed by atoms with E-state index in [0.717, 1.165) is 10.4 Å². The number of amides is 1. The molecule has 1 amide bonds. The molecular weight excluding hydrogens is 294 g/mol.